The van der Waals surface area contributed by atoms with Crippen LogP contribution in [0.1, 0.15) is 50.6 Å². The molecule has 9 nitrogen and oxygen atoms in total. The number of rotatable bonds is 6. The van der Waals surface area contributed by atoms with Gasteiger partial charge in [0.05, 0.1) is 24.5 Å². The van der Waals surface area contributed by atoms with Gasteiger partial charge in [-0.3, -0.25) is 19.5 Å². The number of aromatic nitrogens is 1. The fraction of sp³-hybridized carbons (Fsp3) is 0.455. The highest BCUT2D eigenvalue weighted by atomic mass is 16.5. The number of carbonyl (C=O) groups excluding carboxylic acids is 2. The summed E-state index contributed by atoms with van der Waals surface area (Å²) in [5.41, 5.74) is 5.35. The highest BCUT2D eigenvalue weighted by Crippen LogP contribution is 2.29. The zero-order valence-corrected chi connectivity index (χ0v) is 17.6. The van der Waals surface area contributed by atoms with E-state index in [4.69, 9.17) is 9.15 Å². The van der Waals surface area contributed by atoms with E-state index >= 15 is 0 Å². The zero-order valence-electron chi connectivity index (χ0n) is 17.6. The highest BCUT2D eigenvalue weighted by molar-refractivity contribution is 6.07. The largest absolute Gasteiger partial charge is 0.455 e. The number of nitrogens with zero attached hydrogens (tertiary/aromatic N) is 3. The standard InChI is InChI=1S/C22H27N5O4/c1-15-19-17(25-26-21(28)16-4-3-7-23-14-16)5-2-6-18(19)31-20(15)22(29)24-8-9-27-10-12-30-13-11-27/h3-4,7,14H,2,5-6,8-13H2,1H3,(H,24,29)(H,26,28)/b25-17+. The van der Waals surface area contributed by atoms with Crippen molar-refractivity contribution in [1.29, 1.82) is 0 Å². The van der Waals surface area contributed by atoms with Gasteiger partial charge < -0.3 is 14.5 Å². The first kappa shape index (κ1) is 21.2. The van der Waals surface area contributed by atoms with Crippen molar-refractivity contribution in [2.75, 3.05) is 39.4 Å². The number of furan rings is 1. The molecule has 0 saturated carbocycles. The Hall–Kier alpha value is -3.04. The van der Waals surface area contributed by atoms with Crippen molar-refractivity contribution in [1.82, 2.24) is 20.6 Å². The summed E-state index contributed by atoms with van der Waals surface area (Å²) in [5.74, 6) is 0.519. The van der Waals surface area contributed by atoms with Gasteiger partial charge in [0.2, 0.25) is 0 Å². The number of fused-ring (bicyclic) bond motifs is 1. The van der Waals surface area contributed by atoms with Crippen LogP contribution in [0.5, 0.6) is 0 Å². The Kier molecular flexibility index (Phi) is 6.73. The second-order valence-corrected chi connectivity index (χ2v) is 7.66. The van der Waals surface area contributed by atoms with Crippen LogP contribution < -0.4 is 10.7 Å². The molecule has 2 amide bonds. The predicted octanol–water partition coefficient (Wildman–Crippen LogP) is 1.52. The summed E-state index contributed by atoms with van der Waals surface area (Å²) in [6, 6.07) is 3.38. The van der Waals surface area contributed by atoms with Crippen molar-refractivity contribution in [3.63, 3.8) is 0 Å². The van der Waals surface area contributed by atoms with E-state index in [1.807, 2.05) is 6.92 Å². The van der Waals surface area contributed by atoms with E-state index in [9.17, 15) is 9.59 Å². The molecule has 164 valence electrons. The number of amides is 2. The highest BCUT2D eigenvalue weighted by Gasteiger charge is 2.28. The molecule has 0 aromatic carbocycles. The van der Waals surface area contributed by atoms with Gasteiger partial charge in [-0.15, -0.1) is 0 Å². The monoisotopic (exact) mass is 425 g/mol. The number of pyridine rings is 1. The lowest BCUT2D eigenvalue weighted by Crippen LogP contribution is -2.41. The van der Waals surface area contributed by atoms with Crippen molar-refractivity contribution < 1.29 is 18.7 Å². The minimum atomic E-state index is -0.324. The Morgan fingerprint density at radius 2 is 2.06 bits per heavy atom. The summed E-state index contributed by atoms with van der Waals surface area (Å²) in [6.07, 6.45) is 5.40. The van der Waals surface area contributed by atoms with Gasteiger partial charge in [-0.2, -0.15) is 5.10 Å². The molecule has 0 spiro atoms. The van der Waals surface area contributed by atoms with E-state index in [-0.39, 0.29) is 11.8 Å². The number of hydrazone groups is 1. The number of nitrogens with one attached hydrogen (secondary N) is 2. The van der Waals surface area contributed by atoms with Crippen LogP contribution in [-0.4, -0.2) is 66.8 Å². The third-order valence-electron chi connectivity index (χ3n) is 5.57. The van der Waals surface area contributed by atoms with Crippen molar-refractivity contribution in [2.24, 2.45) is 5.10 Å². The molecule has 3 heterocycles. The lowest BCUT2D eigenvalue weighted by molar-refractivity contribution is 0.0382. The Balaban J connectivity index is 1.42. The minimum absolute atomic E-state index is 0.223. The van der Waals surface area contributed by atoms with Gasteiger partial charge in [0.15, 0.2) is 5.76 Å². The average Bonchev–Trinajstić information content (AvgIpc) is 3.16. The smallest absolute Gasteiger partial charge is 0.287 e. The van der Waals surface area contributed by atoms with E-state index < -0.39 is 0 Å². The third-order valence-corrected chi connectivity index (χ3v) is 5.57. The van der Waals surface area contributed by atoms with Crippen LogP contribution in [0.15, 0.2) is 34.0 Å². The molecule has 0 radical (unpaired) electrons. The van der Waals surface area contributed by atoms with Gasteiger partial charge in [-0.05, 0) is 31.9 Å². The molecule has 4 rings (SSSR count). The maximum absolute atomic E-state index is 12.7. The van der Waals surface area contributed by atoms with Gasteiger partial charge in [0, 0.05) is 56.1 Å². The quantitative estimate of drug-likeness (QED) is 0.679. The number of aryl methyl sites for hydroxylation is 1. The zero-order chi connectivity index (χ0) is 21.6. The lowest BCUT2D eigenvalue weighted by Gasteiger charge is -2.26. The maximum atomic E-state index is 12.7. The third kappa shape index (κ3) is 5.00. The molecule has 2 aromatic rings. The molecule has 2 N–H and O–H groups in total. The van der Waals surface area contributed by atoms with Gasteiger partial charge in [-0.1, -0.05) is 0 Å². The molecule has 31 heavy (non-hydrogen) atoms. The van der Waals surface area contributed by atoms with E-state index in [1.54, 1.807) is 18.3 Å². The lowest BCUT2D eigenvalue weighted by atomic mass is 9.93. The first-order chi connectivity index (χ1) is 15.1. The molecule has 2 aromatic heterocycles. The van der Waals surface area contributed by atoms with Crippen LogP contribution in [-0.2, 0) is 11.2 Å². The van der Waals surface area contributed by atoms with Crippen LogP contribution >= 0.6 is 0 Å². The SMILES string of the molecule is Cc1c(C(=O)NCCN2CCOCC2)oc2c1/C(=N/NC(=O)c1cccnc1)CCC2. The fourth-order valence-electron chi connectivity index (χ4n) is 3.91. The number of morpholine rings is 1. The normalized spacial score (nSPS) is 17.9. The summed E-state index contributed by atoms with van der Waals surface area (Å²) in [6.45, 7) is 6.42. The summed E-state index contributed by atoms with van der Waals surface area (Å²) >= 11 is 0. The molecule has 1 saturated heterocycles. The topological polar surface area (TPSA) is 109 Å². The Morgan fingerprint density at radius 3 is 2.84 bits per heavy atom. The van der Waals surface area contributed by atoms with Crippen molar-refractivity contribution in [2.45, 2.75) is 26.2 Å². The Bertz CT molecular complexity index is 964. The minimum Gasteiger partial charge on any atom is -0.455 e. The van der Waals surface area contributed by atoms with Crippen LogP contribution in [0.2, 0.25) is 0 Å². The molecule has 1 aliphatic carbocycles. The predicted molar refractivity (Wildman–Crippen MR) is 114 cm³/mol. The van der Waals surface area contributed by atoms with Crippen molar-refractivity contribution in [3.05, 3.63) is 52.7 Å². The first-order valence-electron chi connectivity index (χ1n) is 10.6. The van der Waals surface area contributed by atoms with Gasteiger partial charge >= 0.3 is 0 Å². The second kappa shape index (κ2) is 9.84. The van der Waals surface area contributed by atoms with Crippen molar-refractivity contribution >= 4 is 17.5 Å². The Labute approximate surface area is 180 Å². The molecule has 0 atom stereocenters. The number of ether oxygens (including phenoxy) is 1. The van der Waals surface area contributed by atoms with Gasteiger partial charge in [-0.25, -0.2) is 5.43 Å². The van der Waals surface area contributed by atoms with Crippen LogP contribution in [0, 0.1) is 6.92 Å². The molecular formula is C22H27N5O4. The molecule has 1 fully saturated rings. The summed E-state index contributed by atoms with van der Waals surface area (Å²) in [4.78, 5) is 31.2. The summed E-state index contributed by atoms with van der Waals surface area (Å²) in [5, 5.41) is 7.29. The van der Waals surface area contributed by atoms with E-state index in [0.717, 1.165) is 68.3 Å². The van der Waals surface area contributed by atoms with E-state index in [1.165, 1.54) is 6.20 Å². The second-order valence-electron chi connectivity index (χ2n) is 7.66. The van der Waals surface area contributed by atoms with E-state index in [2.05, 4.69) is 25.7 Å². The van der Waals surface area contributed by atoms with Crippen LogP contribution in [0.4, 0.5) is 0 Å². The van der Waals surface area contributed by atoms with Gasteiger partial charge in [0.1, 0.15) is 5.76 Å². The Morgan fingerprint density at radius 1 is 1.23 bits per heavy atom. The molecule has 0 unspecified atom stereocenters. The fourth-order valence-corrected chi connectivity index (χ4v) is 3.91. The maximum Gasteiger partial charge on any atom is 0.287 e. The van der Waals surface area contributed by atoms with Crippen LogP contribution in [0.25, 0.3) is 0 Å². The molecule has 0 bridgehead atoms. The average molecular weight is 425 g/mol. The van der Waals surface area contributed by atoms with E-state index in [0.29, 0.717) is 24.3 Å². The van der Waals surface area contributed by atoms with Gasteiger partial charge in [0.25, 0.3) is 11.8 Å². The molecule has 2 aliphatic rings. The summed E-state index contributed by atoms with van der Waals surface area (Å²) < 4.78 is 11.3. The van der Waals surface area contributed by atoms with Crippen LogP contribution in [0.3, 0.4) is 0 Å². The molecular weight excluding hydrogens is 398 g/mol. The number of hydrogen-bond donors (Lipinski definition) is 2. The van der Waals surface area contributed by atoms with Crippen molar-refractivity contribution in [3.8, 4) is 0 Å². The molecule has 1 aliphatic heterocycles. The first-order valence-corrected chi connectivity index (χ1v) is 10.6. The molecule has 9 heteroatoms. The number of carbonyl (C=O) groups is 2. The summed E-state index contributed by atoms with van der Waals surface area (Å²) in [7, 11) is 0. The number of hydrogen-bond acceptors (Lipinski definition) is 7.